The molecule has 1 unspecified atom stereocenters. The Morgan fingerprint density at radius 1 is 1.60 bits per heavy atom. The third-order valence-corrected chi connectivity index (χ3v) is 2.08. The summed E-state index contributed by atoms with van der Waals surface area (Å²) in [6, 6.07) is 0. The number of carbonyl (C=O) groups excluding carboxylic acids is 1. The van der Waals surface area contributed by atoms with Crippen molar-refractivity contribution in [3.05, 3.63) is 22.8 Å². The van der Waals surface area contributed by atoms with Gasteiger partial charge >= 0.3 is 0 Å². The van der Waals surface area contributed by atoms with Gasteiger partial charge in [-0.1, -0.05) is 24.6 Å². The fourth-order valence-corrected chi connectivity index (χ4v) is 1.07. The van der Waals surface area contributed by atoms with Crippen LogP contribution in [0.4, 0.5) is 0 Å². The number of allylic oxidation sites excluding steroid dienone is 4. The van der Waals surface area contributed by atoms with Crippen molar-refractivity contribution in [3.8, 4) is 0 Å². The monoisotopic (exact) mass is 156 g/mol. The van der Waals surface area contributed by atoms with Crippen LogP contribution < -0.4 is 0 Å². The second-order valence-electron chi connectivity index (χ2n) is 2.48. The maximum atomic E-state index is 11.1. The number of hydrogen-bond acceptors (Lipinski definition) is 1. The molecule has 0 aromatic carbocycles. The average Bonchev–Trinajstić information content (AvgIpc) is 1.93. The number of hydrogen-bond donors (Lipinski definition) is 0. The van der Waals surface area contributed by atoms with E-state index in [1.54, 1.807) is 13.0 Å². The first-order chi connectivity index (χ1) is 4.63. The van der Waals surface area contributed by atoms with Crippen molar-refractivity contribution in [3.63, 3.8) is 0 Å². The number of carbonyl (C=O) groups is 1. The molecule has 0 N–H and O–H groups in total. The van der Waals surface area contributed by atoms with Gasteiger partial charge in [-0.15, -0.1) is 0 Å². The lowest BCUT2D eigenvalue weighted by atomic mass is 9.95. The molecular weight excluding hydrogens is 148 g/mol. The highest BCUT2D eigenvalue weighted by molar-refractivity contribution is 6.34. The SMILES string of the molecule is CC1=C(Cl)C=CC(C)C1=O. The van der Waals surface area contributed by atoms with E-state index in [0.717, 1.165) is 0 Å². The quantitative estimate of drug-likeness (QED) is 0.526. The molecule has 0 aromatic rings. The summed E-state index contributed by atoms with van der Waals surface area (Å²) in [7, 11) is 0. The number of ketones is 1. The minimum absolute atomic E-state index is 0.00231. The van der Waals surface area contributed by atoms with Gasteiger partial charge in [0.25, 0.3) is 0 Å². The first-order valence-electron chi connectivity index (χ1n) is 3.21. The Hall–Kier alpha value is -0.560. The summed E-state index contributed by atoms with van der Waals surface area (Å²) in [5.74, 6) is 0.134. The molecule has 0 bridgehead atoms. The maximum Gasteiger partial charge on any atom is 0.166 e. The zero-order valence-electron chi connectivity index (χ0n) is 6.02. The molecule has 1 aliphatic rings. The molecule has 1 nitrogen and oxygen atoms in total. The van der Waals surface area contributed by atoms with Crippen LogP contribution in [0.1, 0.15) is 13.8 Å². The van der Waals surface area contributed by atoms with Crippen molar-refractivity contribution in [2.24, 2.45) is 5.92 Å². The molecule has 1 rings (SSSR count). The van der Waals surface area contributed by atoms with Crippen molar-refractivity contribution < 1.29 is 4.79 Å². The third kappa shape index (κ3) is 1.14. The van der Waals surface area contributed by atoms with E-state index in [2.05, 4.69) is 0 Å². The van der Waals surface area contributed by atoms with Crippen LogP contribution in [0.15, 0.2) is 22.8 Å². The average molecular weight is 157 g/mol. The van der Waals surface area contributed by atoms with Crippen molar-refractivity contribution in [1.82, 2.24) is 0 Å². The van der Waals surface area contributed by atoms with Gasteiger partial charge in [0.15, 0.2) is 5.78 Å². The van der Waals surface area contributed by atoms with Gasteiger partial charge in [-0.25, -0.2) is 0 Å². The molecule has 0 aromatic heterocycles. The second-order valence-corrected chi connectivity index (χ2v) is 2.89. The maximum absolute atomic E-state index is 11.1. The Morgan fingerprint density at radius 2 is 2.20 bits per heavy atom. The molecule has 0 radical (unpaired) electrons. The molecule has 2 heteroatoms. The van der Waals surface area contributed by atoms with Gasteiger partial charge in [0.05, 0.1) is 0 Å². The summed E-state index contributed by atoms with van der Waals surface area (Å²) in [5, 5.41) is 0.572. The van der Waals surface area contributed by atoms with Crippen molar-refractivity contribution in [1.29, 1.82) is 0 Å². The van der Waals surface area contributed by atoms with Crippen LogP contribution in [-0.4, -0.2) is 5.78 Å². The van der Waals surface area contributed by atoms with E-state index >= 15 is 0 Å². The van der Waals surface area contributed by atoms with Crippen molar-refractivity contribution in [2.75, 3.05) is 0 Å². The third-order valence-electron chi connectivity index (χ3n) is 1.67. The number of halogens is 1. The van der Waals surface area contributed by atoms with E-state index in [-0.39, 0.29) is 11.7 Å². The molecule has 0 aliphatic heterocycles. The topological polar surface area (TPSA) is 17.1 Å². The second kappa shape index (κ2) is 2.59. The van der Waals surface area contributed by atoms with Gasteiger partial charge < -0.3 is 0 Å². The van der Waals surface area contributed by atoms with Crippen LogP contribution in [-0.2, 0) is 4.79 Å². The molecule has 0 heterocycles. The Labute approximate surface area is 65.4 Å². The van der Waals surface area contributed by atoms with Gasteiger partial charge in [0.2, 0.25) is 0 Å². The Bertz CT molecular complexity index is 225. The summed E-state index contributed by atoms with van der Waals surface area (Å²) >= 11 is 5.70. The van der Waals surface area contributed by atoms with E-state index in [4.69, 9.17) is 11.6 Å². The minimum atomic E-state index is 0.00231. The van der Waals surface area contributed by atoms with E-state index in [9.17, 15) is 4.79 Å². The number of Topliss-reactive ketones (excluding diaryl/α,β-unsaturated/α-hetero) is 1. The van der Waals surface area contributed by atoms with Gasteiger partial charge in [-0.2, -0.15) is 0 Å². The summed E-state index contributed by atoms with van der Waals surface area (Å²) in [6.45, 7) is 3.62. The molecule has 0 amide bonds. The summed E-state index contributed by atoms with van der Waals surface area (Å²) < 4.78 is 0. The lowest BCUT2D eigenvalue weighted by Gasteiger charge is -2.11. The summed E-state index contributed by atoms with van der Waals surface area (Å²) in [6.07, 6.45) is 3.60. The predicted octanol–water partition coefficient (Wildman–Crippen LogP) is 2.27. The van der Waals surface area contributed by atoms with Crippen LogP contribution in [0, 0.1) is 5.92 Å². The van der Waals surface area contributed by atoms with E-state index in [1.807, 2.05) is 13.0 Å². The first kappa shape index (κ1) is 7.55. The van der Waals surface area contributed by atoms with Crippen LogP contribution in [0.3, 0.4) is 0 Å². The molecule has 0 spiro atoms. The smallest absolute Gasteiger partial charge is 0.166 e. The normalized spacial score (nSPS) is 25.9. The van der Waals surface area contributed by atoms with Gasteiger partial charge in [0, 0.05) is 16.5 Å². The molecule has 0 fully saturated rings. The predicted molar refractivity (Wildman–Crippen MR) is 41.9 cm³/mol. The lowest BCUT2D eigenvalue weighted by Crippen LogP contribution is -2.13. The highest BCUT2D eigenvalue weighted by atomic mass is 35.5. The first-order valence-corrected chi connectivity index (χ1v) is 3.59. The highest BCUT2D eigenvalue weighted by Crippen LogP contribution is 2.21. The summed E-state index contributed by atoms with van der Waals surface area (Å²) in [4.78, 5) is 11.1. The molecule has 1 atom stereocenters. The van der Waals surface area contributed by atoms with Crippen LogP contribution in [0.25, 0.3) is 0 Å². The molecule has 54 valence electrons. The van der Waals surface area contributed by atoms with Crippen molar-refractivity contribution in [2.45, 2.75) is 13.8 Å². The van der Waals surface area contributed by atoms with Crippen LogP contribution in [0.2, 0.25) is 0 Å². The molecule has 1 aliphatic carbocycles. The number of rotatable bonds is 0. The molecule has 10 heavy (non-hydrogen) atoms. The fourth-order valence-electron chi connectivity index (χ4n) is 0.900. The van der Waals surface area contributed by atoms with E-state index < -0.39 is 0 Å². The van der Waals surface area contributed by atoms with Crippen LogP contribution >= 0.6 is 11.6 Å². The van der Waals surface area contributed by atoms with Gasteiger partial charge in [0.1, 0.15) is 0 Å². The van der Waals surface area contributed by atoms with Gasteiger partial charge in [-0.3, -0.25) is 4.79 Å². The summed E-state index contributed by atoms with van der Waals surface area (Å²) in [5.41, 5.74) is 0.677. The zero-order valence-corrected chi connectivity index (χ0v) is 6.77. The zero-order chi connectivity index (χ0) is 7.72. The molecule has 0 saturated carbocycles. The fraction of sp³-hybridized carbons (Fsp3) is 0.375. The lowest BCUT2D eigenvalue weighted by molar-refractivity contribution is -0.117. The van der Waals surface area contributed by atoms with Crippen molar-refractivity contribution >= 4 is 17.4 Å². The van der Waals surface area contributed by atoms with Gasteiger partial charge in [-0.05, 0) is 13.0 Å². The standard InChI is InChI=1S/C8H9ClO/c1-5-3-4-7(9)6(2)8(5)10/h3-5H,1-2H3. The minimum Gasteiger partial charge on any atom is -0.294 e. The Balaban J connectivity index is 3.00. The Kier molecular flexibility index (Phi) is 1.95. The highest BCUT2D eigenvalue weighted by Gasteiger charge is 2.17. The molecular formula is C8H9ClO. The van der Waals surface area contributed by atoms with E-state index in [0.29, 0.717) is 10.6 Å². The molecule has 0 saturated heterocycles. The Morgan fingerprint density at radius 3 is 2.70 bits per heavy atom. The van der Waals surface area contributed by atoms with E-state index in [1.165, 1.54) is 0 Å². The van der Waals surface area contributed by atoms with Crippen LogP contribution in [0.5, 0.6) is 0 Å². The largest absolute Gasteiger partial charge is 0.294 e.